The molecule has 0 bridgehead atoms. The number of pyridine rings is 1. The summed E-state index contributed by atoms with van der Waals surface area (Å²) in [5, 5.41) is 4.67. The van der Waals surface area contributed by atoms with Crippen LogP contribution in [0.15, 0.2) is 41.8 Å². The predicted molar refractivity (Wildman–Crippen MR) is 117 cm³/mol. The van der Waals surface area contributed by atoms with Crippen molar-refractivity contribution in [2.75, 3.05) is 50.7 Å². The number of morpholine rings is 1. The van der Waals surface area contributed by atoms with E-state index in [1.54, 1.807) is 6.33 Å². The summed E-state index contributed by atoms with van der Waals surface area (Å²) >= 11 is 0. The van der Waals surface area contributed by atoms with Crippen molar-refractivity contribution in [1.82, 2.24) is 19.4 Å². The molecule has 152 valence electrons. The number of hydrogen-bond acceptors (Lipinski definition) is 6. The van der Waals surface area contributed by atoms with Crippen molar-refractivity contribution in [2.45, 2.75) is 6.92 Å². The smallest absolute Gasteiger partial charge is 0.164 e. The first-order chi connectivity index (χ1) is 14.0. The van der Waals surface area contributed by atoms with Crippen LogP contribution in [0.25, 0.3) is 11.2 Å². The minimum Gasteiger partial charge on any atom is -0.378 e. The number of nitrogens with one attached hydrogen (secondary N) is 1. The number of nitrogens with zero attached hydrogens (tertiary/aromatic N) is 6. The highest BCUT2D eigenvalue weighted by molar-refractivity contribution is 5.99. The largest absolute Gasteiger partial charge is 0.378 e. The maximum absolute atomic E-state index is 5.51. The number of rotatable bonds is 4. The lowest BCUT2D eigenvalue weighted by atomic mass is 10.1. The zero-order valence-electron chi connectivity index (χ0n) is 17.4. The normalized spacial score (nSPS) is 15.0. The highest BCUT2D eigenvalue weighted by Crippen LogP contribution is 2.28. The Kier molecular flexibility index (Phi) is 5.35. The summed E-state index contributed by atoms with van der Waals surface area (Å²) in [6.45, 7) is 5.19. The number of aromatic nitrogens is 3. The maximum Gasteiger partial charge on any atom is 0.164 e. The van der Waals surface area contributed by atoms with Gasteiger partial charge in [-0.15, -0.1) is 0 Å². The standard InChI is InChI=1S/C21H27N7O/c1-15-6-5-7-16(12-15)20(26(2)3)25-24-18-13-17(28-8-10-29-11-9-28)19-21(23-18)27(4)14-22-19/h5-7,12-14H,8-11H2,1-4H3,(H,23,24)/b25-20-. The molecule has 0 spiro atoms. The van der Waals surface area contributed by atoms with Crippen LogP contribution in [0.2, 0.25) is 0 Å². The van der Waals surface area contributed by atoms with Crippen molar-refractivity contribution in [3.63, 3.8) is 0 Å². The van der Waals surface area contributed by atoms with Crippen LogP contribution in [0.1, 0.15) is 11.1 Å². The van der Waals surface area contributed by atoms with Crippen LogP contribution in [-0.4, -0.2) is 65.7 Å². The topological polar surface area (TPSA) is 70.8 Å². The molecule has 1 aliphatic rings. The second kappa shape index (κ2) is 8.08. The SMILES string of the molecule is Cc1cccc(/C(=N/Nc2cc(N3CCOCC3)c3ncn(C)c3n2)N(C)C)c1. The third-order valence-electron chi connectivity index (χ3n) is 4.98. The number of imidazole rings is 1. The second-order valence-corrected chi connectivity index (χ2v) is 7.46. The van der Waals surface area contributed by atoms with Crippen molar-refractivity contribution < 1.29 is 4.74 Å². The molecular weight excluding hydrogens is 366 g/mol. The molecule has 0 aliphatic carbocycles. The number of hydrazone groups is 1. The minimum absolute atomic E-state index is 0.689. The van der Waals surface area contributed by atoms with Crippen molar-refractivity contribution in [1.29, 1.82) is 0 Å². The van der Waals surface area contributed by atoms with Crippen LogP contribution in [0.5, 0.6) is 0 Å². The van der Waals surface area contributed by atoms with Crippen LogP contribution in [-0.2, 0) is 11.8 Å². The molecule has 0 atom stereocenters. The Morgan fingerprint density at radius 1 is 1.21 bits per heavy atom. The quantitative estimate of drug-likeness (QED) is 0.417. The lowest BCUT2D eigenvalue weighted by Gasteiger charge is -2.29. The number of amidine groups is 1. The third-order valence-corrected chi connectivity index (χ3v) is 4.98. The molecule has 29 heavy (non-hydrogen) atoms. The Balaban J connectivity index is 1.71. The van der Waals surface area contributed by atoms with Crippen molar-refractivity contribution in [3.8, 4) is 0 Å². The van der Waals surface area contributed by atoms with Gasteiger partial charge in [0.15, 0.2) is 17.3 Å². The van der Waals surface area contributed by atoms with Gasteiger partial charge in [-0.2, -0.15) is 5.10 Å². The molecule has 2 aromatic heterocycles. The Bertz CT molecular complexity index is 1030. The number of fused-ring (bicyclic) bond motifs is 1. The van der Waals surface area contributed by atoms with E-state index in [4.69, 9.17) is 9.72 Å². The average Bonchev–Trinajstić information content (AvgIpc) is 3.09. The lowest BCUT2D eigenvalue weighted by molar-refractivity contribution is 0.123. The summed E-state index contributed by atoms with van der Waals surface area (Å²) in [5.41, 5.74) is 8.20. The van der Waals surface area contributed by atoms with E-state index in [1.807, 2.05) is 42.7 Å². The van der Waals surface area contributed by atoms with E-state index in [9.17, 15) is 0 Å². The van der Waals surface area contributed by atoms with E-state index < -0.39 is 0 Å². The number of aryl methyl sites for hydroxylation is 2. The summed E-state index contributed by atoms with van der Waals surface area (Å²) < 4.78 is 7.44. The first-order valence-corrected chi connectivity index (χ1v) is 9.76. The van der Waals surface area contributed by atoms with Gasteiger partial charge in [0.2, 0.25) is 0 Å². The molecule has 0 unspecified atom stereocenters. The number of hydrogen-bond donors (Lipinski definition) is 1. The Hall–Kier alpha value is -3.13. The Labute approximate surface area is 170 Å². The molecule has 1 aromatic carbocycles. The van der Waals surface area contributed by atoms with E-state index in [2.05, 4.69) is 45.5 Å². The number of anilines is 2. The van der Waals surface area contributed by atoms with Gasteiger partial charge < -0.3 is 19.1 Å². The van der Waals surface area contributed by atoms with E-state index in [1.165, 1.54) is 5.56 Å². The monoisotopic (exact) mass is 393 g/mol. The van der Waals surface area contributed by atoms with Crippen LogP contribution in [0, 0.1) is 6.92 Å². The van der Waals surface area contributed by atoms with E-state index in [-0.39, 0.29) is 0 Å². The summed E-state index contributed by atoms with van der Waals surface area (Å²) in [5.74, 6) is 1.53. The molecule has 0 radical (unpaired) electrons. The fraction of sp³-hybridized carbons (Fsp3) is 0.381. The van der Waals surface area contributed by atoms with Gasteiger partial charge >= 0.3 is 0 Å². The fourth-order valence-corrected chi connectivity index (χ4v) is 3.50. The van der Waals surface area contributed by atoms with E-state index in [0.717, 1.165) is 54.6 Å². The summed E-state index contributed by atoms with van der Waals surface area (Å²) in [6, 6.07) is 10.3. The zero-order chi connectivity index (χ0) is 20.4. The van der Waals surface area contributed by atoms with Crippen molar-refractivity contribution in [2.24, 2.45) is 12.1 Å². The molecule has 8 nitrogen and oxygen atoms in total. The van der Waals surface area contributed by atoms with E-state index in [0.29, 0.717) is 5.82 Å². The second-order valence-electron chi connectivity index (χ2n) is 7.46. The molecule has 0 saturated carbocycles. The molecule has 8 heteroatoms. The van der Waals surface area contributed by atoms with Crippen LogP contribution >= 0.6 is 0 Å². The highest BCUT2D eigenvalue weighted by Gasteiger charge is 2.18. The Morgan fingerprint density at radius 2 is 2.00 bits per heavy atom. The molecule has 0 amide bonds. The molecule has 1 aliphatic heterocycles. The lowest BCUT2D eigenvalue weighted by Crippen LogP contribution is -2.36. The van der Waals surface area contributed by atoms with Crippen LogP contribution < -0.4 is 10.3 Å². The molecule has 1 saturated heterocycles. The van der Waals surface area contributed by atoms with Crippen LogP contribution in [0.3, 0.4) is 0 Å². The molecule has 1 fully saturated rings. The zero-order valence-corrected chi connectivity index (χ0v) is 17.4. The van der Waals surface area contributed by atoms with Gasteiger partial charge in [0, 0.05) is 45.9 Å². The molecular formula is C21H27N7O. The van der Waals surface area contributed by atoms with Gasteiger partial charge in [-0.3, -0.25) is 5.43 Å². The molecule has 1 N–H and O–H groups in total. The third kappa shape index (κ3) is 4.02. The number of ether oxygens (including phenoxy) is 1. The van der Waals surface area contributed by atoms with Crippen molar-refractivity contribution >= 4 is 28.5 Å². The van der Waals surface area contributed by atoms with Gasteiger partial charge in [-0.1, -0.05) is 23.8 Å². The average molecular weight is 393 g/mol. The first-order valence-electron chi connectivity index (χ1n) is 9.76. The van der Waals surface area contributed by atoms with Gasteiger partial charge in [0.25, 0.3) is 0 Å². The predicted octanol–water partition coefficient (Wildman–Crippen LogP) is 2.45. The van der Waals surface area contributed by atoms with Gasteiger partial charge in [-0.25, -0.2) is 9.97 Å². The molecule has 4 rings (SSSR count). The maximum atomic E-state index is 5.51. The first kappa shape index (κ1) is 19.2. The minimum atomic E-state index is 0.689. The molecule has 3 heterocycles. The summed E-state index contributed by atoms with van der Waals surface area (Å²) in [6.07, 6.45) is 1.80. The summed E-state index contributed by atoms with van der Waals surface area (Å²) in [7, 11) is 5.93. The number of benzene rings is 1. The van der Waals surface area contributed by atoms with Crippen LogP contribution in [0.4, 0.5) is 11.5 Å². The van der Waals surface area contributed by atoms with E-state index >= 15 is 0 Å². The van der Waals surface area contributed by atoms with Gasteiger partial charge in [0.1, 0.15) is 5.52 Å². The molecule has 3 aromatic rings. The fourth-order valence-electron chi connectivity index (χ4n) is 3.50. The Morgan fingerprint density at radius 3 is 2.72 bits per heavy atom. The van der Waals surface area contributed by atoms with Gasteiger partial charge in [0.05, 0.1) is 25.2 Å². The van der Waals surface area contributed by atoms with Crippen molar-refractivity contribution in [3.05, 3.63) is 47.8 Å². The highest BCUT2D eigenvalue weighted by atomic mass is 16.5. The van der Waals surface area contributed by atoms with Gasteiger partial charge in [-0.05, 0) is 13.0 Å². The summed E-state index contributed by atoms with van der Waals surface area (Å²) in [4.78, 5) is 13.6.